The van der Waals surface area contributed by atoms with Gasteiger partial charge in [0.2, 0.25) is 17.4 Å². The average molecular weight is 1030 g/mol. The van der Waals surface area contributed by atoms with Crippen molar-refractivity contribution in [1.82, 2.24) is 9.97 Å². The standard InChI is InChI=1S/C22H17Cl2N3O.C22H21Cl2N3O.B.3ClH.Co.Na.H/c1-25-20-13-15(17-5-2-3-6-18(17)23)8-9-21(20)27-12-10-16(14-27)28-22-19(24)7-4-11-26-22;23-19-5-2-1-4-18(19)15-7-8-21(16(12-15)13-25)27-11-9-17(14-27)28-22-20(24)6-3-10-26-22;;;;;;;/h2-9,11,13,16H,10,12,14H2;1-8,10,12,17H,9,11,13-14,25H2;;3*1H;;;/q;;;;;;+2;+1;-1/p-2/t16-;17-;;;;;;;/m00......./s1. The Morgan fingerprint density at radius 1 is 0.677 bits per heavy atom. The van der Waals surface area contributed by atoms with E-state index in [0.717, 1.165) is 76.7 Å². The molecule has 2 atom stereocenters. The van der Waals surface area contributed by atoms with E-state index in [1.807, 2.05) is 66.7 Å². The molecule has 2 saturated heterocycles. The number of ether oxygens (including phenoxy) is 2. The van der Waals surface area contributed by atoms with Crippen molar-refractivity contribution < 1.29 is 53.4 Å². The smallest absolute Gasteiger partial charge is 1.00 e. The first-order chi connectivity index (χ1) is 28.7. The van der Waals surface area contributed by atoms with Crippen molar-refractivity contribution in [3.8, 4) is 34.0 Å². The minimum absolute atomic E-state index is 0. The van der Waals surface area contributed by atoms with Crippen LogP contribution in [0.25, 0.3) is 27.1 Å². The summed E-state index contributed by atoms with van der Waals surface area (Å²) in [5.74, 6) is 0.944. The summed E-state index contributed by atoms with van der Waals surface area (Å²) in [6.45, 7) is 11.2. The number of halogens is 7. The number of pyridine rings is 2. The summed E-state index contributed by atoms with van der Waals surface area (Å²) in [6.07, 6.45) is 5.13. The van der Waals surface area contributed by atoms with Gasteiger partial charge in [0, 0.05) is 80.3 Å². The van der Waals surface area contributed by atoms with Gasteiger partial charge in [-0.25, -0.2) is 14.8 Å². The summed E-state index contributed by atoms with van der Waals surface area (Å²) in [6, 6.07) is 34.9. The summed E-state index contributed by atoms with van der Waals surface area (Å²) in [5.41, 5.74) is 13.7. The van der Waals surface area contributed by atoms with Crippen LogP contribution in [0.5, 0.6) is 11.8 Å². The molecule has 2 aromatic heterocycles. The molecule has 320 valence electrons. The van der Waals surface area contributed by atoms with Crippen molar-refractivity contribution in [3.63, 3.8) is 0 Å². The van der Waals surface area contributed by atoms with Gasteiger partial charge in [-0.15, -0.1) is 12.4 Å². The van der Waals surface area contributed by atoms with Crippen molar-refractivity contribution >= 4 is 105 Å². The minimum Gasteiger partial charge on any atom is -1.00 e. The molecular formula is C44H40BCl7CoN6NaO2. The maximum Gasteiger partial charge on any atom is 1.00 e. The first kappa shape index (κ1) is 53.8. The van der Waals surface area contributed by atoms with E-state index in [4.69, 9.17) is 88.5 Å². The first-order valence-electron chi connectivity index (χ1n) is 18.4. The molecule has 8 rings (SSSR count). The quantitative estimate of drug-likeness (QED) is 0.114. The van der Waals surface area contributed by atoms with E-state index < -0.39 is 0 Å². The van der Waals surface area contributed by atoms with Crippen LogP contribution in [0.3, 0.4) is 0 Å². The van der Waals surface area contributed by atoms with Gasteiger partial charge in [0.25, 0.3) is 0 Å². The molecule has 0 unspecified atom stereocenters. The molecule has 4 aromatic carbocycles. The Morgan fingerprint density at radius 2 is 1.11 bits per heavy atom. The molecule has 4 heterocycles. The second-order valence-corrected chi connectivity index (χ2v) is 16.7. The van der Waals surface area contributed by atoms with Crippen molar-refractivity contribution in [2.24, 2.45) is 5.73 Å². The van der Waals surface area contributed by atoms with Gasteiger partial charge in [-0.05, 0) is 82.9 Å². The molecular weight excluding hydrogens is 985 g/mol. The van der Waals surface area contributed by atoms with Crippen LogP contribution in [0.1, 0.15) is 19.8 Å². The van der Waals surface area contributed by atoms with Crippen LogP contribution in [-0.4, -0.2) is 56.8 Å². The zero-order valence-electron chi connectivity index (χ0n) is 34.4. The number of nitrogens with zero attached hydrogens (tertiary/aromatic N) is 5. The van der Waals surface area contributed by atoms with Gasteiger partial charge in [-0.3, -0.25) is 0 Å². The minimum atomic E-state index is -0.0192. The van der Waals surface area contributed by atoms with Crippen molar-refractivity contribution in [3.05, 3.63) is 159 Å². The van der Waals surface area contributed by atoms with Gasteiger partial charge >= 0.3 is 62.7 Å². The first-order valence-corrected chi connectivity index (χ1v) is 22.8. The SMILES string of the molecule is Cl.NCc1cc(-c2ccccc2Cl)ccc1N1CC[C@H](Oc2ncccc2Cl)C1.[B].[C-]#[N+]c1cc(-c2ccccc2Cl)ccc1N1CC[C@H](Oc2ncccc2Cl)C1.[Cl][Co][Cl].[H-].[Na+]. The van der Waals surface area contributed by atoms with Crippen LogP contribution in [0.15, 0.2) is 122 Å². The van der Waals surface area contributed by atoms with Gasteiger partial charge in [0.15, 0.2) is 0 Å². The van der Waals surface area contributed by atoms with E-state index in [9.17, 15) is 0 Å². The van der Waals surface area contributed by atoms with E-state index in [2.05, 4.69) is 42.8 Å². The van der Waals surface area contributed by atoms with Gasteiger partial charge in [-0.2, -0.15) is 0 Å². The van der Waals surface area contributed by atoms with Gasteiger partial charge in [0.05, 0.1) is 19.7 Å². The normalized spacial score (nSPS) is 15.0. The zero-order chi connectivity index (χ0) is 41.7. The van der Waals surface area contributed by atoms with Gasteiger partial charge in [-0.1, -0.05) is 94.9 Å². The molecule has 0 amide bonds. The number of aromatic nitrogens is 2. The molecule has 2 N–H and O–H groups in total. The van der Waals surface area contributed by atoms with Crippen molar-refractivity contribution in [2.75, 3.05) is 36.0 Å². The molecule has 2 aliphatic rings. The average Bonchev–Trinajstić information content (AvgIpc) is 3.93. The monoisotopic (exact) mass is 1020 g/mol. The molecule has 0 bridgehead atoms. The van der Waals surface area contributed by atoms with Gasteiger partial charge in [0.1, 0.15) is 22.3 Å². The Morgan fingerprint density at radius 3 is 1.56 bits per heavy atom. The summed E-state index contributed by atoms with van der Waals surface area (Å²) in [5, 5.41) is 2.45. The fourth-order valence-electron chi connectivity index (χ4n) is 6.98. The van der Waals surface area contributed by atoms with Crippen LogP contribution in [0.4, 0.5) is 17.1 Å². The van der Waals surface area contributed by atoms with Crippen LogP contribution in [0.2, 0.25) is 20.1 Å². The summed E-state index contributed by atoms with van der Waals surface area (Å²) in [7, 11) is 9.47. The molecule has 2 fully saturated rings. The van der Waals surface area contributed by atoms with Crippen LogP contribution >= 0.6 is 79.1 Å². The van der Waals surface area contributed by atoms with Gasteiger partial charge < -0.3 is 26.4 Å². The fourth-order valence-corrected chi connectivity index (χ4v) is 7.80. The molecule has 0 spiro atoms. The number of anilines is 2. The fraction of sp³-hybridized carbons (Fsp3) is 0.205. The molecule has 6 aromatic rings. The van der Waals surface area contributed by atoms with E-state index >= 15 is 0 Å². The Kier molecular flexibility index (Phi) is 23.4. The topological polar surface area (TPSA) is 81.1 Å². The third-order valence-corrected chi connectivity index (χ3v) is 11.0. The van der Waals surface area contributed by atoms with Crippen LogP contribution in [0, 0.1) is 6.57 Å². The molecule has 3 radical (unpaired) electrons. The summed E-state index contributed by atoms with van der Waals surface area (Å²) < 4.78 is 12.0. The Labute approximate surface area is 429 Å². The van der Waals surface area contributed by atoms with E-state index in [-0.39, 0.29) is 64.0 Å². The summed E-state index contributed by atoms with van der Waals surface area (Å²) >= 11 is 25.4. The third kappa shape index (κ3) is 14.2. The largest absolute Gasteiger partial charge is 1.00 e. The second kappa shape index (κ2) is 27.0. The van der Waals surface area contributed by atoms with Crippen molar-refractivity contribution in [1.29, 1.82) is 0 Å². The maximum atomic E-state index is 7.63. The van der Waals surface area contributed by atoms with Crippen LogP contribution < -0.4 is 54.6 Å². The molecule has 2 aliphatic heterocycles. The van der Waals surface area contributed by atoms with Crippen LogP contribution in [-0.2, 0) is 19.4 Å². The Hall–Kier alpha value is -2.57. The number of nitrogens with two attached hydrogens (primary N) is 1. The number of rotatable bonds is 9. The predicted octanol–water partition coefficient (Wildman–Crippen LogP) is 9.97. The van der Waals surface area contributed by atoms with Crippen molar-refractivity contribution in [2.45, 2.75) is 31.6 Å². The zero-order valence-corrected chi connectivity index (χ0v) is 41.8. The molecule has 18 heteroatoms. The van der Waals surface area contributed by atoms with E-state index in [1.54, 1.807) is 36.7 Å². The number of hydrogen-bond donors (Lipinski definition) is 1. The Balaban J connectivity index is 0.000000385. The number of hydrogen-bond acceptors (Lipinski definition) is 7. The third-order valence-electron chi connectivity index (χ3n) is 9.74. The van der Waals surface area contributed by atoms with E-state index in [0.29, 0.717) is 58.5 Å². The Bertz CT molecular complexity index is 2410. The molecule has 62 heavy (non-hydrogen) atoms. The molecule has 8 nitrogen and oxygen atoms in total. The summed E-state index contributed by atoms with van der Waals surface area (Å²) in [4.78, 5) is 16.6. The number of benzene rings is 4. The van der Waals surface area contributed by atoms with E-state index in [1.165, 1.54) is 0 Å². The molecule has 0 saturated carbocycles. The maximum absolute atomic E-state index is 7.63. The molecule has 0 aliphatic carbocycles. The predicted molar refractivity (Wildman–Crippen MR) is 255 cm³/mol. The second-order valence-electron chi connectivity index (χ2n) is 13.4.